The summed E-state index contributed by atoms with van der Waals surface area (Å²) in [6.07, 6.45) is 1.73. The van der Waals surface area contributed by atoms with Gasteiger partial charge in [0.05, 0.1) is 6.61 Å². The zero-order chi connectivity index (χ0) is 17.1. The van der Waals surface area contributed by atoms with Gasteiger partial charge >= 0.3 is 5.97 Å². The van der Waals surface area contributed by atoms with Gasteiger partial charge in [0.15, 0.2) is 0 Å². The van der Waals surface area contributed by atoms with Crippen LogP contribution in [0.3, 0.4) is 0 Å². The monoisotopic (exact) mass is 325 g/mol. The van der Waals surface area contributed by atoms with Gasteiger partial charge in [-0.3, -0.25) is 4.79 Å². The van der Waals surface area contributed by atoms with Gasteiger partial charge in [-0.05, 0) is 36.2 Å². The Morgan fingerprint density at radius 3 is 2.75 bits per heavy atom. The van der Waals surface area contributed by atoms with Crippen molar-refractivity contribution in [1.29, 1.82) is 0 Å². The van der Waals surface area contributed by atoms with E-state index in [1.54, 1.807) is 37.3 Å². The number of hydrogen-bond donors (Lipinski definition) is 1. The van der Waals surface area contributed by atoms with E-state index < -0.39 is 11.4 Å². The molecule has 4 nitrogen and oxygen atoms in total. The van der Waals surface area contributed by atoms with Crippen molar-refractivity contribution in [3.05, 3.63) is 81.4 Å². The minimum atomic E-state index is -0.653. The molecule has 1 N–H and O–H groups in total. The molecule has 0 amide bonds. The molecule has 3 aromatic rings. The third-order valence-corrected chi connectivity index (χ3v) is 3.79. The second kappa shape index (κ2) is 6.66. The van der Waals surface area contributed by atoms with E-state index in [9.17, 15) is 14.0 Å². The Bertz CT molecular complexity index is 962. The van der Waals surface area contributed by atoms with E-state index in [2.05, 4.69) is 4.98 Å². The Balaban J connectivity index is 2.03. The fraction of sp³-hybridized carbons (Fsp3) is 0.158. The molecule has 3 rings (SSSR count). The van der Waals surface area contributed by atoms with Crippen LogP contribution in [-0.2, 0) is 11.2 Å². The number of nitrogens with one attached hydrogen (secondary N) is 1. The van der Waals surface area contributed by atoms with E-state index in [0.29, 0.717) is 22.9 Å². The highest BCUT2D eigenvalue weighted by Gasteiger charge is 2.14. The average Bonchev–Trinajstić information content (AvgIpc) is 2.58. The van der Waals surface area contributed by atoms with Gasteiger partial charge in [-0.2, -0.15) is 0 Å². The molecule has 0 saturated carbocycles. The number of benzene rings is 2. The summed E-state index contributed by atoms with van der Waals surface area (Å²) >= 11 is 0. The van der Waals surface area contributed by atoms with E-state index in [1.807, 2.05) is 6.07 Å². The maximum atomic E-state index is 13.8. The van der Waals surface area contributed by atoms with E-state index in [-0.39, 0.29) is 18.0 Å². The number of aromatic nitrogens is 1. The SMILES string of the molecule is CCOC(=O)c1c[nH]c2ccc(Cc3ccccc3F)cc2c1=O. The molecule has 0 radical (unpaired) electrons. The van der Waals surface area contributed by atoms with E-state index >= 15 is 0 Å². The summed E-state index contributed by atoms with van der Waals surface area (Å²) in [6.45, 7) is 1.88. The van der Waals surface area contributed by atoms with Crippen LogP contribution in [0.15, 0.2) is 53.5 Å². The lowest BCUT2D eigenvalue weighted by molar-refractivity contribution is 0.0524. The number of hydrogen-bond acceptors (Lipinski definition) is 3. The molecular weight excluding hydrogens is 309 g/mol. The fourth-order valence-corrected chi connectivity index (χ4v) is 2.60. The standard InChI is InChI=1S/C19H16FNO3/c1-2-24-19(23)15-11-21-17-8-7-12(10-14(17)18(15)22)9-13-5-3-4-6-16(13)20/h3-8,10-11H,2,9H2,1H3,(H,21,22). The van der Waals surface area contributed by atoms with Crippen LogP contribution >= 0.6 is 0 Å². The Morgan fingerprint density at radius 1 is 1.21 bits per heavy atom. The van der Waals surface area contributed by atoms with Crippen LogP contribution in [0, 0.1) is 5.82 Å². The van der Waals surface area contributed by atoms with Crippen LogP contribution in [0.25, 0.3) is 10.9 Å². The molecule has 1 heterocycles. The van der Waals surface area contributed by atoms with E-state index in [4.69, 9.17) is 4.74 Å². The van der Waals surface area contributed by atoms with Crippen LogP contribution in [0.2, 0.25) is 0 Å². The van der Waals surface area contributed by atoms with Crippen molar-refractivity contribution in [2.24, 2.45) is 0 Å². The maximum absolute atomic E-state index is 13.8. The van der Waals surface area contributed by atoms with Crippen LogP contribution in [0.5, 0.6) is 0 Å². The number of esters is 1. The predicted octanol–water partition coefficient (Wildman–Crippen LogP) is 3.43. The average molecular weight is 325 g/mol. The summed E-state index contributed by atoms with van der Waals surface area (Å²) in [6, 6.07) is 11.8. The second-order valence-electron chi connectivity index (χ2n) is 5.40. The normalized spacial score (nSPS) is 10.8. The summed E-state index contributed by atoms with van der Waals surface area (Å²) < 4.78 is 18.7. The summed E-state index contributed by atoms with van der Waals surface area (Å²) in [5.41, 5.74) is 1.53. The van der Waals surface area contributed by atoms with E-state index in [0.717, 1.165) is 5.56 Å². The van der Waals surface area contributed by atoms with Crippen molar-refractivity contribution in [3.63, 3.8) is 0 Å². The predicted molar refractivity (Wildman–Crippen MR) is 89.7 cm³/mol. The number of pyridine rings is 1. The lowest BCUT2D eigenvalue weighted by atomic mass is 10.0. The molecule has 0 aliphatic rings. The maximum Gasteiger partial charge on any atom is 0.343 e. The first-order valence-electron chi connectivity index (χ1n) is 7.65. The number of aromatic amines is 1. The number of ether oxygens (including phenoxy) is 1. The highest BCUT2D eigenvalue weighted by atomic mass is 19.1. The lowest BCUT2D eigenvalue weighted by Crippen LogP contribution is -2.18. The molecule has 0 aliphatic heterocycles. The number of rotatable bonds is 4. The summed E-state index contributed by atoms with van der Waals surface area (Å²) in [4.78, 5) is 27.3. The molecule has 24 heavy (non-hydrogen) atoms. The van der Waals surface area contributed by atoms with Gasteiger partial charge in [0.2, 0.25) is 5.43 Å². The topological polar surface area (TPSA) is 59.2 Å². The van der Waals surface area contributed by atoms with Crippen molar-refractivity contribution in [3.8, 4) is 0 Å². The van der Waals surface area contributed by atoms with Crippen molar-refractivity contribution in [1.82, 2.24) is 4.98 Å². The molecule has 0 saturated heterocycles. The van der Waals surface area contributed by atoms with Crippen molar-refractivity contribution < 1.29 is 13.9 Å². The zero-order valence-electron chi connectivity index (χ0n) is 13.1. The van der Waals surface area contributed by atoms with Crippen LogP contribution in [0.4, 0.5) is 4.39 Å². The third-order valence-electron chi connectivity index (χ3n) is 3.79. The number of H-pyrrole nitrogens is 1. The molecule has 2 aromatic carbocycles. The van der Waals surface area contributed by atoms with Gasteiger partial charge in [0, 0.05) is 23.5 Å². The Hall–Kier alpha value is -2.95. The van der Waals surface area contributed by atoms with Gasteiger partial charge in [0.25, 0.3) is 0 Å². The van der Waals surface area contributed by atoms with Crippen LogP contribution < -0.4 is 5.43 Å². The zero-order valence-corrected chi connectivity index (χ0v) is 13.1. The van der Waals surface area contributed by atoms with Crippen molar-refractivity contribution >= 4 is 16.9 Å². The van der Waals surface area contributed by atoms with Gasteiger partial charge in [-0.15, -0.1) is 0 Å². The fourth-order valence-electron chi connectivity index (χ4n) is 2.60. The first-order valence-corrected chi connectivity index (χ1v) is 7.65. The van der Waals surface area contributed by atoms with E-state index in [1.165, 1.54) is 12.3 Å². The minimum absolute atomic E-state index is 0.0348. The van der Waals surface area contributed by atoms with Gasteiger partial charge in [0.1, 0.15) is 11.4 Å². The smallest absolute Gasteiger partial charge is 0.343 e. The minimum Gasteiger partial charge on any atom is -0.462 e. The highest BCUT2D eigenvalue weighted by Crippen LogP contribution is 2.17. The molecule has 0 spiro atoms. The summed E-state index contributed by atoms with van der Waals surface area (Å²) in [5.74, 6) is -0.938. The van der Waals surface area contributed by atoms with Gasteiger partial charge in [-0.1, -0.05) is 24.3 Å². The number of halogens is 1. The molecule has 5 heteroatoms. The Labute approximate surface area is 137 Å². The molecular formula is C19H16FNO3. The molecule has 0 aliphatic carbocycles. The van der Waals surface area contributed by atoms with Crippen LogP contribution in [-0.4, -0.2) is 17.6 Å². The van der Waals surface area contributed by atoms with Gasteiger partial charge < -0.3 is 9.72 Å². The van der Waals surface area contributed by atoms with Crippen molar-refractivity contribution in [2.75, 3.05) is 6.61 Å². The quantitative estimate of drug-likeness (QED) is 0.748. The van der Waals surface area contributed by atoms with Crippen molar-refractivity contribution in [2.45, 2.75) is 13.3 Å². The number of carbonyl (C=O) groups is 1. The summed E-state index contributed by atoms with van der Waals surface area (Å²) in [7, 11) is 0. The Morgan fingerprint density at radius 2 is 2.00 bits per heavy atom. The molecule has 0 fully saturated rings. The first kappa shape index (κ1) is 15.9. The lowest BCUT2D eigenvalue weighted by Gasteiger charge is -2.07. The highest BCUT2D eigenvalue weighted by molar-refractivity contribution is 5.93. The molecule has 0 bridgehead atoms. The molecule has 0 unspecified atom stereocenters. The number of fused-ring (bicyclic) bond motifs is 1. The second-order valence-corrected chi connectivity index (χ2v) is 5.40. The molecule has 0 atom stereocenters. The molecule has 1 aromatic heterocycles. The van der Waals surface area contributed by atoms with Gasteiger partial charge in [-0.25, -0.2) is 9.18 Å². The summed E-state index contributed by atoms with van der Waals surface area (Å²) in [5, 5.41) is 0.384. The third kappa shape index (κ3) is 3.06. The molecule has 122 valence electrons. The largest absolute Gasteiger partial charge is 0.462 e. The van der Waals surface area contributed by atoms with Crippen LogP contribution in [0.1, 0.15) is 28.4 Å². The first-order chi connectivity index (χ1) is 11.6. The Kier molecular flexibility index (Phi) is 4.42. The number of carbonyl (C=O) groups excluding carboxylic acids is 1.